The molecule has 0 spiro atoms. The molecular formula is C18H17NO. The first-order chi connectivity index (χ1) is 9.72. The van der Waals surface area contributed by atoms with Gasteiger partial charge >= 0.3 is 0 Å². The van der Waals surface area contributed by atoms with Gasteiger partial charge in [0.15, 0.2) is 6.29 Å². The fourth-order valence-corrected chi connectivity index (χ4v) is 2.58. The number of fused-ring (bicyclic) bond motifs is 1. The predicted molar refractivity (Wildman–Crippen MR) is 83.2 cm³/mol. The Hall–Kier alpha value is -2.35. The van der Waals surface area contributed by atoms with E-state index in [1.807, 2.05) is 13.0 Å². The topological polar surface area (TPSA) is 32.9 Å². The summed E-state index contributed by atoms with van der Waals surface area (Å²) in [4.78, 5) is 14.9. The molecule has 2 aromatic carbocycles. The Kier molecular flexibility index (Phi) is 3.15. The Morgan fingerprint density at radius 1 is 1.10 bits per heavy atom. The average molecular weight is 263 g/mol. The Morgan fingerprint density at radius 3 is 2.50 bits per heavy atom. The minimum Gasteiger partial charge on any atom is -0.354 e. The molecule has 0 aliphatic rings. The molecule has 100 valence electrons. The monoisotopic (exact) mass is 263 g/mol. The molecule has 3 aromatic rings. The second-order valence-corrected chi connectivity index (χ2v) is 5.13. The summed E-state index contributed by atoms with van der Waals surface area (Å²) in [6, 6.07) is 14.5. The quantitative estimate of drug-likeness (QED) is 0.692. The number of hydrogen-bond donors (Lipinski definition) is 1. The number of aldehydes is 1. The van der Waals surface area contributed by atoms with Crippen LogP contribution < -0.4 is 0 Å². The average Bonchev–Trinajstić information content (AvgIpc) is 2.85. The van der Waals surface area contributed by atoms with Gasteiger partial charge in [-0.25, -0.2) is 0 Å². The summed E-state index contributed by atoms with van der Waals surface area (Å²) in [6.45, 7) is 4.17. The van der Waals surface area contributed by atoms with Gasteiger partial charge in [-0.15, -0.1) is 0 Å². The van der Waals surface area contributed by atoms with Gasteiger partial charge in [-0.3, -0.25) is 4.79 Å². The third-order valence-corrected chi connectivity index (χ3v) is 3.76. The molecule has 1 N–H and O–H groups in total. The molecule has 0 saturated heterocycles. The van der Waals surface area contributed by atoms with Crippen molar-refractivity contribution in [1.82, 2.24) is 4.98 Å². The van der Waals surface area contributed by atoms with Crippen LogP contribution >= 0.6 is 0 Å². The molecule has 2 nitrogen and oxygen atoms in total. The highest BCUT2D eigenvalue weighted by Crippen LogP contribution is 2.29. The van der Waals surface area contributed by atoms with E-state index in [0.717, 1.165) is 46.0 Å². The molecule has 2 heteroatoms. The first-order valence-electron chi connectivity index (χ1n) is 6.89. The summed E-state index contributed by atoms with van der Waals surface area (Å²) in [5.41, 5.74) is 6.17. The lowest BCUT2D eigenvalue weighted by Gasteiger charge is -2.02. The van der Waals surface area contributed by atoms with Crippen LogP contribution in [0, 0.1) is 6.92 Å². The SMILES string of the molecule is CCc1ccc(-c2[nH]c3ccc(C)cc3c2C=O)cc1. The third-order valence-electron chi connectivity index (χ3n) is 3.76. The molecule has 0 amide bonds. The van der Waals surface area contributed by atoms with Crippen LogP contribution in [0.2, 0.25) is 0 Å². The molecule has 0 saturated carbocycles. The van der Waals surface area contributed by atoms with E-state index in [9.17, 15) is 4.79 Å². The van der Waals surface area contributed by atoms with Crippen molar-refractivity contribution in [1.29, 1.82) is 0 Å². The lowest BCUT2D eigenvalue weighted by atomic mass is 10.0. The normalized spacial score (nSPS) is 10.9. The summed E-state index contributed by atoms with van der Waals surface area (Å²) in [5, 5.41) is 0.995. The zero-order valence-electron chi connectivity index (χ0n) is 11.7. The van der Waals surface area contributed by atoms with E-state index in [-0.39, 0.29) is 0 Å². The smallest absolute Gasteiger partial charge is 0.152 e. The third kappa shape index (κ3) is 2.03. The van der Waals surface area contributed by atoms with E-state index in [0.29, 0.717) is 0 Å². The van der Waals surface area contributed by atoms with Gasteiger partial charge in [0, 0.05) is 16.5 Å². The maximum absolute atomic E-state index is 11.5. The molecule has 0 aliphatic heterocycles. The van der Waals surface area contributed by atoms with Crippen LogP contribution in [0.1, 0.15) is 28.4 Å². The van der Waals surface area contributed by atoms with Crippen LogP contribution in [0.5, 0.6) is 0 Å². The van der Waals surface area contributed by atoms with Gasteiger partial charge in [0.25, 0.3) is 0 Å². The van der Waals surface area contributed by atoms with E-state index in [1.165, 1.54) is 5.56 Å². The van der Waals surface area contributed by atoms with Crippen molar-refractivity contribution < 1.29 is 4.79 Å². The summed E-state index contributed by atoms with van der Waals surface area (Å²) in [7, 11) is 0. The number of hydrogen-bond acceptors (Lipinski definition) is 1. The number of carbonyl (C=O) groups excluding carboxylic acids is 1. The van der Waals surface area contributed by atoms with Crippen molar-refractivity contribution in [2.75, 3.05) is 0 Å². The van der Waals surface area contributed by atoms with Crippen molar-refractivity contribution in [3.8, 4) is 11.3 Å². The minimum atomic E-state index is 0.743. The highest BCUT2D eigenvalue weighted by Gasteiger charge is 2.12. The first kappa shape index (κ1) is 12.7. The highest BCUT2D eigenvalue weighted by atomic mass is 16.1. The number of aromatic nitrogens is 1. The first-order valence-corrected chi connectivity index (χ1v) is 6.89. The molecule has 0 aliphatic carbocycles. The van der Waals surface area contributed by atoms with Crippen molar-refractivity contribution in [3.63, 3.8) is 0 Å². The fourth-order valence-electron chi connectivity index (χ4n) is 2.58. The molecule has 0 bridgehead atoms. The van der Waals surface area contributed by atoms with Crippen LogP contribution in [-0.2, 0) is 6.42 Å². The van der Waals surface area contributed by atoms with E-state index in [2.05, 4.69) is 48.3 Å². The van der Waals surface area contributed by atoms with Crippen molar-refractivity contribution in [2.24, 2.45) is 0 Å². The zero-order chi connectivity index (χ0) is 14.1. The van der Waals surface area contributed by atoms with Crippen LogP contribution in [-0.4, -0.2) is 11.3 Å². The number of H-pyrrole nitrogens is 1. The summed E-state index contributed by atoms with van der Waals surface area (Å²) < 4.78 is 0. The van der Waals surface area contributed by atoms with Gasteiger partial charge in [-0.1, -0.05) is 42.8 Å². The second-order valence-electron chi connectivity index (χ2n) is 5.13. The lowest BCUT2D eigenvalue weighted by Crippen LogP contribution is -1.86. The molecule has 1 aromatic heterocycles. The van der Waals surface area contributed by atoms with E-state index < -0.39 is 0 Å². The number of aromatic amines is 1. The van der Waals surface area contributed by atoms with Crippen molar-refractivity contribution in [3.05, 3.63) is 59.2 Å². The second kappa shape index (κ2) is 4.97. The molecule has 0 fully saturated rings. The number of rotatable bonds is 3. The predicted octanol–water partition coefficient (Wildman–Crippen LogP) is 4.52. The van der Waals surface area contributed by atoms with Crippen LogP contribution in [0.25, 0.3) is 22.2 Å². The number of nitrogens with one attached hydrogen (secondary N) is 1. The van der Waals surface area contributed by atoms with Crippen LogP contribution in [0.15, 0.2) is 42.5 Å². The molecule has 3 rings (SSSR count). The maximum Gasteiger partial charge on any atom is 0.152 e. The van der Waals surface area contributed by atoms with Gasteiger partial charge in [-0.05, 0) is 36.6 Å². The van der Waals surface area contributed by atoms with Crippen LogP contribution in [0.3, 0.4) is 0 Å². The molecule has 0 atom stereocenters. The summed E-state index contributed by atoms with van der Waals surface area (Å²) >= 11 is 0. The highest BCUT2D eigenvalue weighted by molar-refractivity contribution is 6.04. The summed E-state index contributed by atoms with van der Waals surface area (Å²) in [6.07, 6.45) is 1.97. The minimum absolute atomic E-state index is 0.743. The zero-order valence-corrected chi connectivity index (χ0v) is 11.7. The van der Waals surface area contributed by atoms with Gasteiger partial charge in [0.1, 0.15) is 0 Å². The number of aryl methyl sites for hydroxylation is 2. The Labute approximate surface area is 118 Å². The largest absolute Gasteiger partial charge is 0.354 e. The molecule has 1 heterocycles. The lowest BCUT2D eigenvalue weighted by molar-refractivity contribution is 0.112. The Morgan fingerprint density at radius 2 is 1.85 bits per heavy atom. The fraction of sp³-hybridized carbons (Fsp3) is 0.167. The van der Waals surface area contributed by atoms with Gasteiger partial charge in [0.2, 0.25) is 0 Å². The number of benzene rings is 2. The molecular weight excluding hydrogens is 246 g/mol. The van der Waals surface area contributed by atoms with Crippen molar-refractivity contribution >= 4 is 17.2 Å². The Bertz CT molecular complexity index is 766. The van der Waals surface area contributed by atoms with E-state index in [4.69, 9.17) is 0 Å². The van der Waals surface area contributed by atoms with Gasteiger partial charge < -0.3 is 4.98 Å². The van der Waals surface area contributed by atoms with Crippen LogP contribution in [0.4, 0.5) is 0 Å². The Balaban J connectivity index is 2.21. The van der Waals surface area contributed by atoms with Gasteiger partial charge in [0.05, 0.1) is 5.69 Å². The maximum atomic E-state index is 11.5. The molecule has 0 unspecified atom stereocenters. The number of carbonyl (C=O) groups is 1. The van der Waals surface area contributed by atoms with Crippen molar-refractivity contribution in [2.45, 2.75) is 20.3 Å². The molecule has 20 heavy (non-hydrogen) atoms. The van der Waals surface area contributed by atoms with Gasteiger partial charge in [-0.2, -0.15) is 0 Å². The standard InChI is InChI=1S/C18H17NO/c1-3-13-5-7-14(8-6-13)18-16(11-20)15-10-12(2)4-9-17(15)19-18/h4-11,19H,3H2,1-2H3. The van der Waals surface area contributed by atoms with E-state index in [1.54, 1.807) is 0 Å². The molecule has 0 radical (unpaired) electrons. The summed E-state index contributed by atoms with van der Waals surface area (Å²) in [5.74, 6) is 0. The van der Waals surface area contributed by atoms with E-state index >= 15 is 0 Å².